The van der Waals surface area contributed by atoms with Gasteiger partial charge in [-0.25, -0.2) is 0 Å². The molecule has 2 aromatic rings. The van der Waals surface area contributed by atoms with Gasteiger partial charge in [-0.15, -0.1) is 0 Å². The number of piperazine rings is 1. The maximum absolute atomic E-state index is 13.4. The molecule has 5 rings (SSSR count). The van der Waals surface area contributed by atoms with E-state index < -0.39 is 0 Å². The summed E-state index contributed by atoms with van der Waals surface area (Å²) < 4.78 is 0. The Morgan fingerprint density at radius 1 is 0.903 bits per heavy atom. The number of carbonyl (C=O) groups excluding carboxylic acids is 3. The fourth-order valence-electron chi connectivity index (χ4n) is 4.08. The third kappa shape index (κ3) is 4.71. The molecule has 1 heterocycles. The summed E-state index contributed by atoms with van der Waals surface area (Å²) in [5.74, 6) is 0.0661. The monoisotopic (exact) mass is 420 g/mol. The van der Waals surface area contributed by atoms with Crippen LogP contribution in [0.1, 0.15) is 36.0 Å². The van der Waals surface area contributed by atoms with Gasteiger partial charge in [0.1, 0.15) is 0 Å². The first kappa shape index (κ1) is 20.0. The van der Waals surface area contributed by atoms with Crippen LogP contribution in [0.3, 0.4) is 0 Å². The van der Waals surface area contributed by atoms with Gasteiger partial charge in [-0.3, -0.25) is 19.3 Å². The molecule has 3 fully saturated rings. The van der Waals surface area contributed by atoms with E-state index in [-0.39, 0.29) is 23.6 Å². The Labute approximate surface area is 181 Å². The Morgan fingerprint density at radius 3 is 2.23 bits per heavy atom. The molecule has 0 bridgehead atoms. The van der Waals surface area contributed by atoms with Crippen molar-refractivity contribution in [2.24, 2.45) is 5.92 Å². The van der Waals surface area contributed by atoms with Crippen LogP contribution in [0, 0.1) is 5.92 Å². The standard InChI is InChI=1S/C24H28N4O3/c29-22(25-19-7-8-19)15-27-9-11-28(12-10-27)24(31)20-13-17-3-1-2-4-18(17)14-21(20)26-23(30)16-5-6-16/h1-4,13-14,16,19H,5-12,15H2,(H,25,29)(H,26,30). The molecule has 3 aliphatic rings. The molecule has 0 spiro atoms. The first-order valence-corrected chi connectivity index (χ1v) is 11.2. The third-order valence-electron chi connectivity index (χ3n) is 6.29. The van der Waals surface area contributed by atoms with Crippen LogP contribution in [0.5, 0.6) is 0 Å². The van der Waals surface area contributed by atoms with Crippen molar-refractivity contribution in [3.8, 4) is 0 Å². The lowest BCUT2D eigenvalue weighted by molar-refractivity contribution is -0.122. The van der Waals surface area contributed by atoms with Gasteiger partial charge < -0.3 is 15.5 Å². The molecule has 2 N–H and O–H groups in total. The van der Waals surface area contributed by atoms with E-state index in [1.54, 1.807) is 0 Å². The lowest BCUT2D eigenvalue weighted by atomic mass is 10.0. The zero-order valence-corrected chi connectivity index (χ0v) is 17.6. The predicted octanol–water partition coefficient (Wildman–Crippen LogP) is 2.22. The first-order chi connectivity index (χ1) is 15.1. The maximum Gasteiger partial charge on any atom is 0.256 e. The number of nitrogens with one attached hydrogen (secondary N) is 2. The molecule has 2 saturated carbocycles. The van der Waals surface area contributed by atoms with Crippen LogP contribution in [-0.4, -0.2) is 66.3 Å². The smallest absolute Gasteiger partial charge is 0.256 e. The van der Waals surface area contributed by atoms with Crippen LogP contribution in [-0.2, 0) is 9.59 Å². The molecular weight excluding hydrogens is 392 g/mol. The highest BCUT2D eigenvalue weighted by Gasteiger charge is 2.31. The molecule has 162 valence electrons. The lowest BCUT2D eigenvalue weighted by Crippen LogP contribution is -2.51. The van der Waals surface area contributed by atoms with Gasteiger partial charge in [0, 0.05) is 38.1 Å². The topological polar surface area (TPSA) is 81.8 Å². The highest BCUT2D eigenvalue weighted by molar-refractivity contribution is 6.08. The van der Waals surface area contributed by atoms with E-state index in [1.165, 1.54) is 0 Å². The summed E-state index contributed by atoms with van der Waals surface area (Å²) in [4.78, 5) is 41.8. The van der Waals surface area contributed by atoms with Crippen LogP contribution in [0.25, 0.3) is 10.8 Å². The van der Waals surface area contributed by atoms with Crippen LogP contribution < -0.4 is 10.6 Å². The van der Waals surface area contributed by atoms with Gasteiger partial charge in [0.2, 0.25) is 11.8 Å². The summed E-state index contributed by atoms with van der Waals surface area (Å²) in [6, 6.07) is 12.0. The second-order valence-corrected chi connectivity index (χ2v) is 8.92. The molecule has 7 nitrogen and oxygen atoms in total. The highest BCUT2D eigenvalue weighted by atomic mass is 16.2. The predicted molar refractivity (Wildman–Crippen MR) is 119 cm³/mol. The van der Waals surface area contributed by atoms with E-state index in [0.717, 1.165) is 36.5 Å². The summed E-state index contributed by atoms with van der Waals surface area (Å²) in [5.41, 5.74) is 1.12. The third-order valence-corrected chi connectivity index (χ3v) is 6.29. The fourth-order valence-corrected chi connectivity index (χ4v) is 4.08. The van der Waals surface area contributed by atoms with Crippen LogP contribution in [0.2, 0.25) is 0 Å². The molecule has 2 aromatic carbocycles. The fraction of sp³-hybridized carbons (Fsp3) is 0.458. The largest absolute Gasteiger partial charge is 0.352 e. The second-order valence-electron chi connectivity index (χ2n) is 8.92. The van der Waals surface area contributed by atoms with Gasteiger partial charge >= 0.3 is 0 Å². The summed E-state index contributed by atoms with van der Waals surface area (Å²) in [6.45, 7) is 2.86. The number of nitrogens with zero attached hydrogens (tertiary/aromatic N) is 2. The van der Waals surface area contributed by atoms with E-state index >= 15 is 0 Å². The molecule has 31 heavy (non-hydrogen) atoms. The van der Waals surface area contributed by atoms with Gasteiger partial charge in [-0.1, -0.05) is 24.3 Å². The Bertz CT molecular complexity index is 1020. The Morgan fingerprint density at radius 2 is 1.58 bits per heavy atom. The van der Waals surface area contributed by atoms with Crippen molar-refractivity contribution in [2.45, 2.75) is 31.7 Å². The number of fused-ring (bicyclic) bond motifs is 1. The van der Waals surface area contributed by atoms with Gasteiger partial charge in [0.05, 0.1) is 17.8 Å². The van der Waals surface area contributed by atoms with Crippen molar-refractivity contribution >= 4 is 34.2 Å². The average molecular weight is 421 g/mol. The molecule has 1 saturated heterocycles. The second kappa shape index (κ2) is 8.30. The Balaban J connectivity index is 1.29. The summed E-state index contributed by atoms with van der Waals surface area (Å²) in [7, 11) is 0. The van der Waals surface area contributed by atoms with Crippen molar-refractivity contribution in [1.29, 1.82) is 0 Å². The minimum Gasteiger partial charge on any atom is -0.352 e. The minimum atomic E-state index is -0.0704. The average Bonchev–Trinajstić information content (AvgIpc) is 3.68. The number of hydrogen-bond acceptors (Lipinski definition) is 4. The molecule has 7 heteroatoms. The van der Waals surface area contributed by atoms with Crippen molar-refractivity contribution in [3.05, 3.63) is 42.0 Å². The van der Waals surface area contributed by atoms with Crippen molar-refractivity contribution < 1.29 is 14.4 Å². The maximum atomic E-state index is 13.4. The number of rotatable bonds is 6. The molecular formula is C24H28N4O3. The molecule has 0 unspecified atom stereocenters. The van der Waals surface area contributed by atoms with E-state index in [2.05, 4.69) is 15.5 Å². The number of carbonyl (C=O) groups is 3. The van der Waals surface area contributed by atoms with Crippen LogP contribution >= 0.6 is 0 Å². The minimum absolute atomic E-state index is 0.00387. The lowest BCUT2D eigenvalue weighted by Gasteiger charge is -2.34. The Kier molecular flexibility index (Phi) is 5.36. The van der Waals surface area contributed by atoms with Crippen LogP contribution in [0.15, 0.2) is 36.4 Å². The van der Waals surface area contributed by atoms with Crippen molar-refractivity contribution in [2.75, 3.05) is 38.0 Å². The molecule has 3 amide bonds. The van der Waals surface area contributed by atoms with Crippen LogP contribution in [0.4, 0.5) is 5.69 Å². The van der Waals surface area contributed by atoms with Gasteiger partial charge in [-0.2, -0.15) is 0 Å². The number of benzene rings is 2. The molecule has 0 radical (unpaired) electrons. The van der Waals surface area contributed by atoms with Crippen molar-refractivity contribution in [3.63, 3.8) is 0 Å². The Hall–Kier alpha value is -2.93. The number of amides is 3. The van der Waals surface area contributed by atoms with E-state index in [0.29, 0.717) is 50.0 Å². The zero-order chi connectivity index (χ0) is 21.4. The van der Waals surface area contributed by atoms with Gasteiger partial charge in [-0.05, 0) is 48.6 Å². The number of hydrogen-bond donors (Lipinski definition) is 2. The van der Waals surface area contributed by atoms with Crippen molar-refractivity contribution in [1.82, 2.24) is 15.1 Å². The SMILES string of the molecule is O=C(CN1CCN(C(=O)c2cc3ccccc3cc2NC(=O)C2CC2)CC1)NC1CC1. The summed E-state index contributed by atoms with van der Waals surface area (Å²) >= 11 is 0. The number of anilines is 1. The molecule has 0 atom stereocenters. The van der Waals surface area contributed by atoms with Gasteiger partial charge in [0.15, 0.2) is 0 Å². The molecule has 1 aliphatic heterocycles. The zero-order valence-electron chi connectivity index (χ0n) is 17.6. The molecule has 2 aliphatic carbocycles. The van der Waals surface area contributed by atoms with E-state index in [1.807, 2.05) is 41.3 Å². The summed E-state index contributed by atoms with van der Waals surface area (Å²) in [6.07, 6.45) is 4.00. The van der Waals surface area contributed by atoms with Gasteiger partial charge in [0.25, 0.3) is 5.91 Å². The normalized spacial score (nSPS) is 19.3. The molecule has 0 aromatic heterocycles. The quantitative estimate of drug-likeness (QED) is 0.751. The first-order valence-electron chi connectivity index (χ1n) is 11.2. The summed E-state index contributed by atoms with van der Waals surface area (Å²) in [5, 5.41) is 7.98. The van der Waals surface area contributed by atoms with E-state index in [4.69, 9.17) is 0 Å². The van der Waals surface area contributed by atoms with E-state index in [9.17, 15) is 14.4 Å². The highest BCUT2D eigenvalue weighted by Crippen LogP contribution is 2.32.